The van der Waals surface area contributed by atoms with Crippen LogP contribution in [0.25, 0.3) is 0 Å². The van der Waals surface area contributed by atoms with E-state index in [0.29, 0.717) is 0 Å². The molecule has 3 aromatic carbocycles. The Kier molecular flexibility index (Phi) is 10.5. The van der Waals surface area contributed by atoms with Crippen LogP contribution in [0, 0.1) is 6.92 Å². The summed E-state index contributed by atoms with van der Waals surface area (Å²) in [4.78, 5) is 29.0. The molecular weight excluding hydrogens is 626 g/mol. The number of aryl methyl sites for hydroxylation is 1. The Labute approximate surface area is 256 Å². The topological polar surface area (TPSA) is 86.8 Å². The summed E-state index contributed by atoms with van der Waals surface area (Å²) in [6.07, 6.45) is 5.09. The molecule has 1 saturated carbocycles. The number of rotatable bonds is 10. The molecule has 2 amide bonds. The minimum atomic E-state index is -4.18. The minimum absolute atomic E-state index is 0.0393. The van der Waals surface area contributed by atoms with Crippen LogP contribution < -0.4 is 9.62 Å². The Morgan fingerprint density at radius 2 is 1.68 bits per heavy atom. The summed E-state index contributed by atoms with van der Waals surface area (Å²) in [6, 6.07) is 19.7. The predicted molar refractivity (Wildman–Crippen MR) is 166 cm³/mol. The molecule has 0 unspecified atom stereocenters. The van der Waals surface area contributed by atoms with E-state index in [4.69, 9.17) is 11.6 Å². The van der Waals surface area contributed by atoms with Crippen molar-refractivity contribution in [2.45, 2.75) is 69.5 Å². The molecular formula is C31H35BrClN3O4S. The van der Waals surface area contributed by atoms with Gasteiger partial charge in [-0.25, -0.2) is 8.42 Å². The summed E-state index contributed by atoms with van der Waals surface area (Å²) in [6.45, 7) is 3.14. The zero-order chi connectivity index (χ0) is 29.6. The number of carbonyl (C=O) groups is 2. The second-order valence-corrected chi connectivity index (χ2v) is 13.6. The minimum Gasteiger partial charge on any atom is -0.352 e. The third kappa shape index (κ3) is 7.90. The van der Waals surface area contributed by atoms with Gasteiger partial charge in [0.2, 0.25) is 11.8 Å². The second kappa shape index (κ2) is 13.9. The fourth-order valence-corrected chi connectivity index (χ4v) is 7.16. The summed E-state index contributed by atoms with van der Waals surface area (Å²) in [5.74, 6) is -0.780. The fourth-order valence-electron chi connectivity index (χ4n) is 4.99. The highest BCUT2D eigenvalue weighted by molar-refractivity contribution is 9.10. The molecule has 7 nitrogen and oxygen atoms in total. The van der Waals surface area contributed by atoms with Crippen molar-refractivity contribution < 1.29 is 18.0 Å². The van der Waals surface area contributed by atoms with E-state index in [1.54, 1.807) is 43.3 Å². The van der Waals surface area contributed by atoms with Gasteiger partial charge < -0.3 is 10.2 Å². The third-order valence-corrected chi connectivity index (χ3v) is 9.96. The molecule has 1 aliphatic rings. The highest BCUT2D eigenvalue weighted by Crippen LogP contribution is 2.31. The average Bonchev–Trinajstić information content (AvgIpc) is 2.95. The summed E-state index contributed by atoms with van der Waals surface area (Å²) >= 11 is 9.94. The van der Waals surface area contributed by atoms with Crippen LogP contribution in [0.2, 0.25) is 5.02 Å². The Bertz CT molecular complexity index is 1480. The number of para-hydroxylation sites is 1. The van der Waals surface area contributed by atoms with Crippen LogP contribution in [0.5, 0.6) is 0 Å². The van der Waals surface area contributed by atoms with Gasteiger partial charge in [0.25, 0.3) is 10.0 Å². The van der Waals surface area contributed by atoms with Gasteiger partial charge in [0.05, 0.1) is 15.6 Å². The lowest BCUT2D eigenvalue weighted by Crippen LogP contribution is -2.53. The lowest BCUT2D eigenvalue weighted by Gasteiger charge is -2.33. The number of amides is 2. The second-order valence-electron chi connectivity index (χ2n) is 10.4. The van der Waals surface area contributed by atoms with E-state index in [0.717, 1.165) is 52.0 Å². The van der Waals surface area contributed by atoms with Crippen LogP contribution in [-0.4, -0.2) is 43.8 Å². The van der Waals surface area contributed by atoms with Gasteiger partial charge in [-0.15, -0.1) is 0 Å². The van der Waals surface area contributed by atoms with Crippen molar-refractivity contribution >= 4 is 55.1 Å². The summed E-state index contributed by atoms with van der Waals surface area (Å²) < 4.78 is 29.7. The number of nitrogens with zero attached hydrogens (tertiary/aromatic N) is 2. The molecule has 0 aliphatic heterocycles. The predicted octanol–water partition coefficient (Wildman–Crippen LogP) is 6.47. The maximum atomic E-state index is 14.1. The number of halogens is 2. The number of nitrogens with one attached hydrogen (secondary N) is 1. The molecule has 0 radical (unpaired) electrons. The first kappa shape index (κ1) is 31.1. The highest BCUT2D eigenvalue weighted by Gasteiger charge is 2.34. The van der Waals surface area contributed by atoms with Crippen LogP contribution in [0.1, 0.15) is 50.2 Å². The van der Waals surface area contributed by atoms with Gasteiger partial charge in [0.1, 0.15) is 12.6 Å². The standard InChI is InChI=1S/C31H35BrClN3O4S/c1-22-15-17-27(18-16-22)41(39,40)36(29-14-7-6-13-28(29)33)21-30(37)35(20-24-9-8-10-25(32)19-24)23(2)31(38)34-26-11-4-3-5-12-26/h6-10,13-19,23,26H,3-5,11-12,20-21H2,1-2H3,(H,34,38)/t23-/m1/s1. The van der Waals surface area contributed by atoms with Gasteiger partial charge in [-0.05, 0) is 68.7 Å². The molecule has 0 heterocycles. The Hall–Kier alpha value is -2.88. The maximum Gasteiger partial charge on any atom is 0.264 e. The van der Waals surface area contributed by atoms with Crippen molar-refractivity contribution in [3.05, 3.63) is 93.4 Å². The third-order valence-electron chi connectivity index (χ3n) is 7.37. The molecule has 41 heavy (non-hydrogen) atoms. The Morgan fingerprint density at radius 1 is 1.00 bits per heavy atom. The fraction of sp³-hybridized carbons (Fsp3) is 0.355. The number of carbonyl (C=O) groups excluding carboxylic acids is 2. The number of hydrogen-bond donors (Lipinski definition) is 1. The van der Waals surface area contributed by atoms with Gasteiger partial charge in [-0.2, -0.15) is 0 Å². The Morgan fingerprint density at radius 3 is 2.34 bits per heavy atom. The zero-order valence-electron chi connectivity index (χ0n) is 23.2. The molecule has 1 fully saturated rings. The van der Waals surface area contributed by atoms with Gasteiger partial charge >= 0.3 is 0 Å². The van der Waals surface area contributed by atoms with E-state index in [1.165, 1.54) is 17.0 Å². The van der Waals surface area contributed by atoms with Crippen LogP contribution >= 0.6 is 27.5 Å². The van der Waals surface area contributed by atoms with Crippen LogP contribution in [0.4, 0.5) is 5.69 Å². The number of benzene rings is 3. The molecule has 0 spiro atoms. The first-order valence-electron chi connectivity index (χ1n) is 13.7. The number of sulfonamides is 1. The van der Waals surface area contributed by atoms with E-state index in [1.807, 2.05) is 31.2 Å². The van der Waals surface area contributed by atoms with Gasteiger partial charge in [-0.1, -0.05) is 88.8 Å². The highest BCUT2D eigenvalue weighted by atomic mass is 79.9. The van der Waals surface area contributed by atoms with Crippen molar-refractivity contribution in [2.75, 3.05) is 10.8 Å². The van der Waals surface area contributed by atoms with Crippen molar-refractivity contribution in [2.24, 2.45) is 0 Å². The molecule has 0 aromatic heterocycles. The van der Waals surface area contributed by atoms with Crippen molar-refractivity contribution in [3.8, 4) is 0 Å². The van der Waals surface area contributed by atoms with Crippen LogP contribution in [-0.2, 0) is 26.2 Å². The summed E-state index contributed by atoms with van der Waals surface area (Å²) in [5, 5.41) is 3.30. The molecule has 4 rings (SSSR count). The first-order chi connectivity index (χ1) is 19.6. The number of hydrogen-bond acceptors (Lipinski definition) is 4. The van der Waals surface area contributed by atoms with E-state index >= 15 is 0 Å². The SMILES string of the molecule is Cc1ccc(S(=O)(=O)N(CC(=O)N(Cc2cccc(Br)c2)[C@H](C)C(=O)NC2CCCCC2)c2ccccc2Cl)cc1. The van der Waals surface area contributed by atoms with Crippen molar-refractivity contribution in [1.82, 2.24) is 10.2 Å². The largest absolute Gasteiger partial charge is 0.352 e. The average molecular weight is 661 g/mol. The monoisotopic (exact) mass is 659 g/mol. The molecule has 0 saturated heterocycles. The van der Waals surface area contributed by atoms with E-state index < -0.39 is 28.5 Å². The summed E-state index contributed by atoms with van der Waals surface area (Å²) in [7, 11) is -4.18. The van der Waals surface area contributed by atoms with Gasteiger partial charge in [-0.3, -0.25) is 13.9 Å². The van der Waals surface area contributed by atoms with E-state index in [9.17, 15) is 18.0 Å². The smallest absolute Gasteiger partial charge is 0.264 e. The molecule has 0 bridgehead atoms. The van der Waals surface area contributed by atoms with Crippen molar-refractivity contribution in [3.63, 3.8) is 0 Å². The molecule has 10 heteroatoms. The van der Waals surface area contributed by atoms with Gasteiger partial charge in [0, 0.05) is 17.1 Å². The lowest BCUT2D eigenvalue weighted by molar-refractivity contribution is -0.139. The quantitative estimate of drug-likeness (QED) is 0.270. The maximum absolute atomic E-state index is 14.1. The summed E-state index contributed by atoms with van der Waals surface area (Å²) in [5.41, 5.74) is 1.89. The Balaban J connectivity index is 1.68. The van der Waals surface area contributed by atoms with Crippen LogP contribution in [0.3, 0.4) is 0 Å². The molecule has 3 aromatic rings. The molecule has 1 aliphatic carbocycles. The molecule has 1 atom stereocenters. The zero-order valence-corrected chi connectivity index (χ0v) is 26.4. The van der Waals surface area contributed by atoms with Gasteiger partial charge in [0.15, 0.2) is 0 Å². The van der Waals surface area contributed by atoms with Crippen molar-refractivity contribution in [1.29, 1.82) is 0 Å². The normalized spacial score (nSPS) is 14.7. The number of anilines is 1. The van der Waals surface area contributed by atoms with E-state index in [-0.39, 0.29) is 34.1 Å². The van der Waals surface area contributed by atoms with E-state index in [2.05, 4.69) is 21.2 Å². The first-order valence-corrected chi connectivity index (χ1v) is 16.4. The lowest BCUT2D eigenvalue weighted by atomic mass is 9.95. The molecule has 218 valence electrons. The molecule has 1 N–H and O–H groups in total. The van der Waals surface area contributed by atoms with Crippen LogP contribution in [0.15, 0.2) is 82.2 Å².